The first-order valence-corrected chi connectivity index (χ1v) is 7.83. The molecule has 4 rings (SSSR count). The van der Waals surface area contributed by atoms with E-state index in [1.165, 1.54) is 24.4 Å². The van der Waals surface area contributed by atoms with Crippen molar-refractivity contribution in [2.24, 2.45) is 5.92 Å². The van der Waals surface area contributed by atoms with Crippen LogP contribution in [0.15, 0.2) is 42.6 Å². The first-order valence-electron chi connectivity index (χ1n) is 7.83. The lowest BCUT2D eigenvalue weighted by atomic mass is 10.1. The van der Waals surface area contributed by atoms with Gasteiger partial charge in [-0.3, -0.25) is 9.20 Å². The van der Waals surface area contributed by atoms with Crippen LogP contribution in [0.5, 0.6) is 0 Å². The predicted molar refractivity (Wildman–Crippen MR) is 86.5 cm³/mol. The third-order valence-electron chi connectivity index (χ3n) is 4.13. The van der Waals surface area contributed by atoms with Gasteiger partial charge < -0.3 is 5.32 Å². The zero-order valence-corrected chi connectivity index (χ0v) is 12.8. The lowest BCUT2D eigenvalue weighted by Gasteiger charge is -2.07. The summed E-state index contributed by atoms with van der Waals surface area (Å²) in [4.78, 5) is 16.5. The normalized spacial score (nSPS) is 14.1. The summed E-state index contributed by atoms with van der Waals surface area (Å²) in [6, 6.07) is 8.67. The maximum absolute atomic E-state index is 13.7. The summed E-state index contributed by atoms with van der Waals surface area (Å²) < 4.78 is 28.4. The van der Waals surface area contributed by atoms with E-state index in [1.807, 2.05) is 0 Å². The average molecular weight is 327 g/mol. The second-order valence-corrected chi connectivity index (χ2v) is 6.09. The Morgan fingerprint density at radius 3 is 2.54 bits per heavy atom. The molecular formula is C18H15F2N3O. The topological polar surface area (TPSA) is 46.4 Å². The number of rotatable bonds is 4. The van der Waals surface area contributed by atoms with Crippen LogP contribution < -0.4 is 5.32 Å². The summed E-state index contributed by atoms with van der Waals surface area (Å²) >= 11 is 0. The van der Waals surface area contributed by atoms with Gasteiger partial charge in [0.25, 0.3) is 0 Å². The van der Waals surface area contributed by atoms with Gasteiger partial charge in [0.1, 0.15) is 17.3 Å². The summed E-state index contributed by atoms with van der Waals surface area (Å²) in [6.45, 7) is 0. The average Bonchev–Trinajstić information content (AvgIpc) is 3.28. The second kappa shape index (κ2) is 5.70. The van der Waals surface area contributed by atoms with Crippen molar-refractivity contribution in [3.05, 3.63) is 54.2 Å². The number of imidazole rings is 1. The number of amides is 1. The van der Waals surface area contributed by atoms with Crippen LogP contribution >= 0.6 is 0 Å². The maximum atomic E-state index is 13.7. The van der Waals surface area contributed by atoms with Crippen LogP contribution in [0.3, 0.4) is 0 Å². The molecule has 1 saturated carbocycles. The first kappa shape index (κ1) is 14.8. The van der Waals surface area contributed by atoms with Gasteiger partial charge in [-0.1, -0.05) is 0 Å². The molecule has 2 heterocycles. The number of nitrogens with zero attached hydrogens (tertiary/aromatic N) is 2. The molecule has 0 bridgehead atoms. The number of hydrogen-bond acceptors (Lipinski definition) is 2. The molecule has 1 aliphatic carbocycles. The number of fused-ring (bicyclic) bond motifs is 1. The van der Waals surface area contributed by atoms with Crippen LogP contribution in [0.25, 0.3) is 16.9 Å². The fourth-order valence-corrected chi connectivity index (χ4v) is 2.76. The highest BCUT2D eigenvalue weighted by Gasteiger charge is 2.25. The van der Waals surface area contributed by atoms with Gasteiger partial charge in [-0.15, -0.1) is 0 Å². The minimum absolute atomic E-state index is 0.107. The molecule has 6 heteroatoms. The van der Waals surface area contributed by atoms with Crippen molar-refractivity contribution >= 4 is 17.4 Å². The Bertz CT molecular complexity index is 914. The molecule has 0 spiro atoms. The van der Waals surface area contributed by atoms with Crippen molar-refractivity contribution in [3.63, 3.8) is 0 Å². The zero-order chi connectivity index (χ0) is 16.7. The molecule has 4 nitrogen and oxygen atoms in total. The quantitative estimate of drug-likeness (QED) is 0.787. The molecule has 2 aromatic heterocycles. The molecule has 1 aliphatic rings. The molecule has 0 unspecified atom stereocenters. The van der Waals surface area contributed by atoms with Crippen molar-refractivity contribution in [1.29, 1.82) is 0 Å². The van der Waals surface area contributed by atoms with E-state index in [0.29, 0.717) is 35.1 Å². The smallest absolute Gasteiger partial charge is 0.225 e. The van der Waals surface area contributed by atoms with Gasteiger partial charge in [-0.05, 0) is 55.2 Å². The van der Waals surface area contributed by atoms with Crippen molar-refractivity contribution < 1.29 is 13.6 Å². The third-order valence-corrected chi connectivity index (χ3v) is 4.13. The van der Waals surface area contributed by atoms with Gasteiger partial charge in [0.2, 0.25) is 5.91 Å². The lowest BCUT2D eigenvalue weighted by molar-refractivity contribution is -0.116. The van der Waals surface area contributed by atoms with Crippen LogP contribution in [0.4, 0.5) is 14.6 Å². The van der Waals surface area contributed by atoms with Crippen LogP contribution in [0.2, 0.25) is 0 Å². The summed E-state index contributed by atoms with van der Waals surface area (Å²) in [5, 5.41) is 2.82. The van der Waals surface area contributed by atoms with Crippen LogP contribution in [-0.4, -0.2) is 15.3 Å². The molecule has 0 aliphatic heterocycles. The number of carbonyl (C=O) groups is 1. The Balaban J connectivity index is 1.80. The Morgan fingerprint density at radius 1 is 1.12 bits per heavy atom. The highest BCUT2D eigenvalue weighted by atomic mass is 19.1. The van der Waals surface area contributed by atoms with E-state index in [-0.39, 0.29) is 11.7 Å². The molecule has 24 heavy (non-hydrogen) atoms. The van der Waals surface area contributed by atoms with Crippen molar-refractivity contribution in [1.82, 2.24) is 9.38 Å². The molecule has 1 aromatic carbocycles. The predicted octanol–water partition coefficient (Wildman–Crippen LogP) is 4.02. The molecule has 3 aromatic rings. The van der Waals surface area contributed by atoms with Gasteiger partial charge in [0.05, 0.1) is 5.69 Å². The highest BCUT2D eigenvalue weighted by molar-refractivity contribution is 5.94. The van der Waals surface area contributed by atoms with Crippen molar-refractivity contribution in [2.45, 2.75) is 19.3 Å². The SMILES string of the molecule is O=C(CC1CC1)Nc1nc2ccc(F)cn2c1-c1ccc(F)cc1. The van der Waals surface area contributed by atoms with E-state index in [9.17, 15) is 13.6 Å². The number of anilines is 1. The van der Waals surface area contributed by atoms with Crippen molar-refractivity contribution in [3.8, 4) is 11.3 Å². The van der Waals surface area contributed by atoms with Gasteiger partial charge in [-0.25, -0.2) is 13.8 Å². The number of nitrogens with one attached hydrogen (secondary N) is 1. The van der Waals surface area contributed by atoms with E-state index in [0.717, 1.165) is 12.8 Å². The maximum Gasteiger partial charge on any atom is 0.225 e. The lowest BCUT2D eigenvalue weighted by Crippen LogP contribution is -2.13. The molecule has 0 atom stereocenters. The van der Waals surface area contributed by atoms with Crippen LogP contribution in [0.1, 0.15) is 19.3 Å². The van der Waals surface area contributed by atoms with Crippen LogP contribution in [-0.2, 0) is 4.79 Å². The van der Waals surface area contributed by atoms with Gasteiger partial charge in [0.15, 0.2) is 5.82 Å². The molecule has 1 fully saturated rings. The van der Waals surface area contributed by atoms with Crippen LogP contribution in [0, 0.1) is 17.6 Å². The Morgan fingerprint density at radius 2 is 1.83 bits per heavy atom. The zero-order valence-electron chi connectivity index (χ0n) is 12.8. The minimum Gasteiger partial charge on any atom is -0.309 e. The van der Waals surface area contributed by atoms with Gasteiger partial charge in [0, 0.05) is 18.2 Å². The second-order valence-electron chi connectivity index (χ2n) is 6.09. The molecule has 0 radical (unpaired) electrons. The fourth-order valence-electron chi connectivity index (χ4n) is 2.76. The molecule has 0 saturated heterocycles. The molecular weight excluding hydrogens is 312 g/mol. The summed E-state index contributed by atoms with van der Waals surface area (Å²) in [5.41, 5.74) is 1.70. The fraction of sp³-hybridized carbons (Fsp3) is 0.222. The van der Waals surface area contributed by atoms with E-state index < -0.39 is 5.82 Å². The Kier molecular flexibility index (Phi) is 3.52. The van der Waals surface area contributed by atoms with Gasteiger partial charge in [-0.2, -0.15) is 0 Å². The number of aromatic nitrogens is 2. The molecule has 1 N–H and O–H groups in total. The molecule has 122 valence electrons. The van der Waals surface area contributed by atoms with E-state index in [2.05, 4.69) is 10.3 Å². The van der Waals surface area contributed by atoms with Gasteiger partial charge >= 0.3 is 0 Å². The summed E-state index contributed by atoms with van der Waals surface area (Å²) in [7, 11) is 0. The molecule has 1 amide bonds. The number of hydrogen-bond donors (Lipinski definition) is 1. The number of halogens is 2. The number of pyridine rings is 1. The largest absolute Gasteiger partial charge is 0.309 e. The van der Waals surface area contributed by atoms with E-state index in [1.54, 1.807) is 22.6 Å². The van der Waals surface area contributed by atoms with E-state index in [4.69, 9.17) is 0 Å². The Labute approximate surface area is 137 Å². The summed E-state index contributed by atoms with van der Waals surface area (Å²) in [6.07, 6.45) is 3.92. The third kappa shape index (κ3) is 2.87. The number of carbonyl (C=O) groups excluding carboxylic acids is 1. The minimum atomic E-state index is -0.417. The summed E-state index contributed by atoms with van der Waals surface area (Å²) in [5.74, 6) is -0.0754. The first-order chi connectivity index (χ1) is 11.6. The highest BCUT2D eigenvalue weighted by Crippen LogP contribution is 2.34. The standard InChI is InChI=1S/C18H15F2N3O/c19-13-5-3-12(4-6-13)17-18(22-16(24)9-11-1-2-11)21-15-8-7-14(20)10-23(15)17/h3-8,10-11H,1-2,9H2,(H,22,24). The number of benzene rings is 1. The Hall–Kier alpha value is -2.76. The van der Waals surface area contributed by atoms with Crippen molar-refractivity contribution in [2.75, 3.05) is 5.32 Å². The van der Waals surface area contributed by atoms with E-state index >= 15 is 0 Å². The monoisotopic (exact) mass is 327 g/mol.